The Morgan fingerprint density at radius 2 is 1.69 bits per heavy atom. The van der Waals surface area contributed by atoms with Crippen molar-refractivity contribution in [3.63, 3.8) is 0 Å². The summed E-state index contributed by atoms with van der Waals surface area (Å²) in [5.74, 6) is -0.851. The van der Waals surface area contributed by atoms with E-state index in [2.05, 4.69) is 5.32 Å². The van der Waals surface area contributed by atoms with Crippen LogP contribution in [-0.2, 0) is 9.59 Å². The first-order valence-electron chi connectivity index (χ1n) is 7.85. The molecular formula is C19H18FNO4S. The molecule has 0 unspecified atom stereocenters. The first-order valence-corrected chi connectivity index (χ1v) is 8.90. The second kappa shape index (κ2) is 9.15. The number of carbonyl (C=O) groups excluding carboxylic acids is 3. The number of ether oxygens (including phenoxy) is 1. The van der Waals surface area contributed by atoms with E-state index in [4.69, 9.17) is 4.74 Å². The van der Waals surface area contributed by atoms with Gasteiger partial charge in [0.05, 0.1) is 5.75 Å². The molecule has 1 amide bonds. The zero-order chi connectivity index (χ0) is 19.1. The third-order valence-electron chi connectivity index (χ3n) is 3.40. The molecule has 0 aromatic heterocycles. The van der Waals surface area contributed by atoms with E-state index in [1.807, 2.05) is 0 Å². The number of ketones is 1. The highest BCUT2D eigenvalue weighted by Gasteiger charge is 2.17. The van der Waals surface area contributed by atoms with E-state index >= 15 is 0 Å². The Hall–Kier alpha value is -2.67. The third kappa shape index (κ3) is 6.00. The second-order valence-electron chi connectivity index (χ2n) is 5.51. The van der Waals surface area contributed by atoms with Gasteiger partial charge in [-0.1, -0.05) is 0 Å². The van der Waals surface area contributed by atoms with Gasteiger partial charge in [0.15, 0.2) is 5.78 Å². The molecule has 0 saturated carbocycles. The highest BCUT2D eigenvalue weighted by atomic mass is 32.2. The molecule has 7 heteroatoms. The topological polar surface area (TPSA) is 72.5 Å². The number of anilines is 1. The van der Waals surface area contributed by atoms with Gasteiger partial charge in [-0.2, -0.15) is 0 Å². The van der Waals surface area contributed by atoms with Gasteiger partial charge < -0.3 is 10.1 Å². The fourth-order valence-corrected chi connectivity index (χ4v) is 2.61. The van der Waals surface area contributed by atoms with E-state index < -0.39 is 11.2 Å². The summed E-state index contributed by atoms with van der Waals surface area (Å²) in [4.78, 5) is 35.1. The summed E-state index contributed by atoms with van der Waals surface area (Å²) >= 11 is 1.13. The lowest BCUT2D eigenvalue weighted by molar-refractivity contribution is -0.133. The van der Waals surface area contributed by atoms with Crippen molar-refractivity contribution < 1.29 is 23.5 Å². The van der Waals surface area contributed by atoms with E-state index in [9.17, 15) is 18.8 Å². The van der Waals surface area contributed by atoms with E-state index in [-0.39, 0.29) is 23.3 Å². The van der Waals surface area contributed by atoms with Crippen molar-refractivity contribution in [3.05, 3.63) is 59.9 Å². The van der Waals surface area contributed by atoms with Crippen molar-refractivity contribution in [2.24, 2.45) is 0 Å². The van der Waals surface area contributed by atoms with Gasteiger partial charge in [0.2, 0.25) is 5.91 Å². The highest BCUT2D eigenvalue weighted by Crippen LogP contribution is 2.18. The minimum Gasteiger partial charge on any atom is -0.426 e. The smallest absolute Gasteiger partial charge is 0.324 e. The number of nitrogens with one attached hydrogen (secondary N) is 1. The van der Waals surface area contributed by atoms with Crippen LogP contribution in [0.2, 0.25) is 0 Å². The summed E-state index contributed by atoms with van der Waals surface area (Å²) in [5.41, 5.74) is 1.02. The van der Waals surface area contributed by atoms with Crippen molar-refractivity contribution in [2.75, 3.05) is 11.1 Å². The average Bonchev–Trinajstić information content (AvgIpc) is 2.62. The van der Waals surface area contributed by atoms with Crippen LogP contribution in [0.5, 0.6) is 5.75 Å². The quantitative estimate of drug-likeness (QED) is 0.454. The summed E-state index contributed by atoms with van der Waals surface area (Å²) < 4.78 is 18.1. The van der Waals surface area contributed by atoms with Crippen LogP contribution < -0.4 is 10.1 Å². The molecule has 2 aromatic rings. The Morgan fingerprint density at radius 1 is 1.08 bits per heavy atom. The maximum absolute atomic E-state index is 12.8. The van der Waals surface area contributed by atoms with Crippen LogP contribution in [0, 0.1) is 5.82 Å². The molecule has 26 heavy (non-hydrogen) atoms. The Kier molecular flexibility index (Phi) is 6.91. The van der Waals surface area contributed by atoms with E-state index in [1.54, 1.807) is 31.2 Å². The molecule has 0 aliphatic rings. The Morgan fingerprint density at radius 3 is 2.27 bits per heavy atom. The molecule has 136 valence electrons. The molecule has 1 N–H and O–H groups in total. The van der Waals surface area contributed by atoms with Crippen LogP contribution in [0.15, 0.2) is 48.5 Å². The van der Waals surface area contributed by atoms with Crippen LogP contribution in [-0.4, -0.2) is 28.7 Å². The standard InChI is InChI=1S/C19H18FNO4S/c1-12(22)14-3-9-17(10-4-14)25-19(24)13(2)26-11-18(23)21-16-7-5-15(20)6-8-16/h3-10,13H,11H2,1-2H3,(H,21,23)/t13-/m0/s1. The van der Waals surface area contributed by atoms with Crippen molar-refractivity contribution in [2.45, 2.75) is 19.1 Å². The third-order valence-corrected chi connectivity index (χ3v) is 4.52. The molecule has 0 fully saturated rings. The summed E-state index contributed by atoms with van der Waals surface area (Å²) in [6.45, 7) is 3.10. The number of carbonyl (C=O) groups is 3. The molecule has 1 atom stereocenters. The van der Waals surface area contributed by atoms with Crippen molar-refractivity contribution in [1.29, 1.82) is 0 Å². The normalized spacial score (nSPS) is 11.5. The zero-order valence-electron chi connectivity index (χ0n) is 14.3. The van der Waals surface area contributed by atoms with Gasteiger partial charge in [0, 0.05) is 11.3 Å². The highest BCUT2D eigenvalue weighted by molar-refractivity contribution is 8.01. The molecule has 0 aliphatic carbocycles. The lowest BCUT2D eigenvalue weighted by Gasteiger charge is -2.11. The number of Topliss-reactive ketones (excluding diaryl/α,β-unsaturated/α-hetero) is 1. The van der Waals surface area contributed by atoms with Crippen LogP contribution >= 0.6 is 11.8 Å². The number of halogens is 1. The molecular weight excluding hydrogens is 357 g/mol. The molecule has 0 aliphatic heterocycles. The summed E-state index contributed by atoms with van der Waals surface area (Å²) in [5, 5.41) is 2.07. The van der Waals surface area contributed by atoms with E-state index in [0.717, 1.165) is 11.8 Å². The van der Waals surface area contributed by atoms with E-state index in [1.165, 1.54) is 31.2 Å². The van der Waals surface area contributed by atoms with Crippen molar-refractivity contribution >= 4 is 35.1 Å². The molecule has 0 heterocycles. The molecule has 2 rings (SSSR count). The Labute approximate surface area is 154 Å². The van der Waals surface area contributed by atoms with Crippen molar-refractivity contribution in [1.82, 2.24) is 0 Å². The van der Waals surface area contributed by atoms with Gasteiger partial charge in [-0.3, -0.25) is 14.4 Å². The van der Waals surface area contributed by atoms with Crippen molar-refractivity contribution in [3.8, 4) is 5.75 Å². The number of benzene rings is 2. The molecule has 0 bridgehead atoms. The summed E-state index contributed by atoms with van der Waals surface area (Å²) in [6, 6.07) is 11.7. The fourth-order valence-electron chi connectivity index (χ4n) is 1.96. The van der Waals surface area contributed by atoms with Crippen LogP contribution in [0.25, 0.3) is 0 Å². The van der Waals surface area contributed by atoms with Crippen LogP contribution in [0.4, 0.5) is 10.1 Å². The molecule has 0 spiro atoms. The van der Waals surface area contributed by atoms with Gasteiger partial charge >= 0.3 is 5.97 Å². The number of thioether (sulfide) groups is 1. The molecule has 5 nitrogen and oxygen atoms in total. The lowest BCUT2D eigenvalue weighted by Crippen LogP contribution is -2.23. The maximum Gasteiger partial charge on any atom is 0.324 e. The molecule has 0 saturated heterocycles. The zero-order valence-corrected chi connectivity index (χ0v) is 15.1. The van der Waals surface area contributed by atoms with Crippen LogP contribution in [0.3, 0.4) is 0 Å². The Balaban J connectivity index is 1.79. The number of rotatable bonds is 7. The maximum atomic E-state index is 12.8. The predicted molar refractivity (Wildman–Crippen MR) is 99.0 cm³/mol. The van der Waals surface area contributed by atoms with E-state index in [0.29, 0.717) is 17.0 Å². The second-order valence-corrected chi connectivity index (χ2v) is 6.84. The lowest BCUT2D eigenvalue weighted by atomic mass is 10.1. The number of amides is 1. The molecule has 0 radical (unpaired) electrons. The SMILES string of the molecule is CC(=O)c1ccc(OC(=O)[C@H](C)SCC(=O)Nc2ccc(F)cc2)cc1. The van der Waals surface area contributed by atoms with Gasteiger partial charge in [-0.15, -0.1) is 11.8 Å². The molecule has 2 aromatic carbocycles. The Bertz CT molecular complexity index is 790. The predicted octanol–water partition coefficient (Wildman–Crippen LogP) is 3.69. The van der Waals surface area contributed by atoms with Gasteiger partial charge in [0.1, 0.15) is 16.8 Å². The largest absolute Gasteiger partial charge is 0.426 e. The number of hydrogen-bond acceptors (Lipinski definition) is 5. The first-order chi connectivity index (χ1) is 12.3. The summed E-state index contributed by atoms with van der Waals surface area (Å²) in [7, 11) is 0. The van der Waals surface area contributed by atoms with Gasteiger partial charge in [0.25, 0.3) is 0 Å². The van der Waals surface area contributed by atoms with Gasteiger partial charge in [-0.25, -0.2) is 4.39 Å². The minimum absolute atomic E-state index is 0.0525. The minimum atomic E-state index is -0.554. The average molecular weight is 375 g/mol. The summed E-state index contributed by atoms with van der Waals surface area (Å²) in [6.07, 6.45) is 0. The first kappa shape index (κ1) is 19.7. The fraction of sp³-hybridized carbons (Fsp3) is 0.211. The van der Waals surface area contributed by atoms with Crippen LogP contribution in [0.1, 0.15) is 24.2 Å². The number of esters is 1. The van der Waals surface area contributed by atoms with Gasteiger partial charge in [-0.05, 0) is 62.4 Å². The number of hydrogen-bond donors (Lipinski definition) is 1. The monoisotopic (exact) mass is 375 g/mol.